The third-order valence-electron chi connectivity index (χ3n) is 2.57. The first kappa shape index (κ1) is 12.1. The number of aromatic nitrogens is 1. The van der Waals surface area contributed by atoms with Crippen LogP contribution < -0.4 is 5.32 Å². The summed E-state index contributed by atoms with van der Waals surface area (Å²) in [6.07, 6.45) is 1.13. The number of hydrogen-bond donors (Lipinski definition) is 1. The van der Waals surface area contributed by atoms with Crippen molar-refractivity contribution in [1.29, 1.82) is 0 Å². The third kappa shape index (κ3) is 2.64. The monoisotopic (exact) mass is 259 g/mol. The molecule has 1 aromatic rings. The first-order valence-electron chi connectivity index (χ1n) is 5.05. The van der Waals surface area contributed by atoms with Crippen molar-refractivity contribution in [3.63, 3.8) is 0 Å². The highest BCUT2D eigenvalue weighted by molar-refractivity contribution is 7.88. The molecule has 17 heavy (non-hydrogen) atoms. The number of carbonyl (C=O) groups excluding carboxylic acids is 1. The van der Waals surface area contributed by atoms with Gasteiger partial charge in [0.25, 0.3) is 0 Å². The predicted octanol–water partition coefficient (Wildman–Crippen LogP) is -0.187. The highest BCUT2D eigenvalue weighted by Gasteiger charge is 2.37. The van der Waals surface area contributed by atoms with E-state index in [0.29, 0.717) is 11.6 Å². The van der Waals surface area contributed by atoms with E-state index in [-0.39, 0.29) is 24.9 Å². The van der Waals surface area contributed by atoms with E-state index in [1.807, 2.05) is 0 Å². The number of carbonyl (C=O) groups is 1. The maximum Gasteiger partial charge on any atom is 0.231 e. The average Bonchev–Trinajstić information content (AvgIpc) is 2.45. The summed E-state index contributed by atoms with van der Waals surface area (Å²) < 4.78 is 28.3. The number of hydrogen-bond acceptors (Lipinski definition) is 5. The number of sulfonamides is 1. The number of amides is 1. The minimum atomic E-state index is -3.18. The molecule has 0 bridgehead atoms. The van der Waals surface area contributed by atoms with Crippen LogP contribution in [-0.2, 0) is 14.8 Å². The van der Waals surface area contributed by atoms with Gasteiger partial charge in [0.15, 0.2) is 5.82 Å². The molecule has 1 aliphatic rings. The van der Waals surface area contributed by atoms with E-state index in [4.69, 9.17) is 4.52 Å². The molecule has 0 unspecified atom stereocenters. The number of aryl methyl sites for hydroxylation is 1. The van der Waals surface area contributed by atoms with Gasteiger partial charge in [0.1, 0.15) is 5.76 Å². The Labute approximate surface area is 98.8 Å². The summed E-state index contributed by atoms with van der Waals surface area (Å²) in [5.41, 5.74) is 0. The molecule has 0 spiro atoms. The summed E-state index contributed by atoms with van der Waals surface area (Å²) >= 11 is 0. The summed E-state index contributed by atoms with van der Waals surface area (Å²) in [7, 11) is -3.18. The second-order valence-corrected chi connectivity index (χ2v) is 6.07. The van der Waals surface area contributed by atoms with Crippen LogP contribution in [0.25, 0.3) is 0 Å². The van der Waals surface area contributed by atoms with Crippen LogP contribution in [-0.4, -0.2) is 43.1 Å². The fourth-order valence-electron chi connectivity index (χ4n) is 1.53. The van der Waals surface area contributed by atoms with Gasteiger partial charge < -0.3 is 9.84 Å². The van der Waals surface area contributed by atoms with Gasteiger partial charge in [0, 0.05) is 19.2 Å². The fourth-order valence-corrected chi connectivity index (χ4v) is 2.43. The van der Waals surface area contributed by atoms with Crippen molar-refractivity contribution < 1.29 is 17.7 Å². The molecule has 0 atom stereocenters. The summed E-state index contributed by atoms with van der Waals surface area (Å²) in [5.74, 6) is 0.400. The minimum Gasteiger partial charge on any atom is -0.360 e. The quantitative estimate of drug-likeness (QED) is 0.812. The molecule has 1 amide bonds. The minimum absolute atomic E-state index is 0.224. The fraction of sp³-hybridized carbons (Fsp3) is 0.556. The lowest BCUT2D eigenvalue weighted by molar-refractivity contribution is -0.122. The molecule has 1 aromatic heterocycles. The lowest BCUT2D eigenvalue weighted by Crippen LogP contribution is -2.53. The van der Waals surface area contributed by atoms with Gasteiger partial charge >= 0.3 is 0 Å². The van der Waals surface area contributed by atoms with Gasteiger partial charge in [-0.25, -0.2) is 12.7 Å². The summed E-state index contributed by atoms with van der Waals surface area (Å²) in [4.78, 5) is 11.7. The molecule has 1 fully saturated rings. The van der Waals surface area contributed by atoms with Crippen molar-refractivity contribution in [3.8, 4) is 0 Å². The van der Waals surface area contributed by atoms with E-state index in [9.17, 15) is 13.2 Å². The zero-order valence-electron chi connectivity index (χ0n) is 9.50. The van der Waals surface area contributed by atoms with Crippen LogP contribution >= 0.6 is 0 Å². The summed E-state index contributed by atoms with van der Waals surface area (Å²) in [6.45, 7) is 2.17. The summed E-state index contributed by atoms with van der Waals surface area (Å²) in [5, 5.41) is 6.20. The van der Waals surface area contributed by atoms with Gasteiger partial charge in [0.05, 0.1) is 12.2 Å². The molecule has 0 aromatic carbocycles. The highest BCUT2D eigenvalue weighted by Crippen LogP contribution is 2.20. The van der Waals surface area contributed by atoms with Gasteiger partial charge in [-0.05, 0) is 6.92 Å². The van der Waals surface area contributed by atoms with Crippen molar-refractivity contribution >= 4 is 21.7 Å². The number of nitrogens with one attached hydrogen (secondary N) is 1. The Morgan fingerprint density at radius 3 is 2.71 bits per heavy atom. The van der Waals surface area contributed by atoms with Crippen molar-refractivity contribution in [2.75, 3.05) is 24.7 Å². The number of nitrogens with zero attached hydrogens (tertiary/aromatic N) is 2. The molecule has 7 nitrogen and oxygen atoms in total. The molecular weight excluding hydrogens is 246 g/mol. The van der Waals surface area contributed by atoms with Crippen LogP contribution in [0.3, 0.4) is 0 Å². The average molecular weight is 259 g/mol. The molecule has 1 aliphatic heterocycles. The summed E-state index contributed by atoms with van der Waals surface area (Å²) in [6, 6.07) is 1.60. The van der Waals surface area contributed by atoms with Crippen LogP contribution in [0.5, 0.6) is 0 Å². The Morgan fingerprint density at radius 1 is 1.59 bits per heavy atom. The van der Waals surface area contributed by atoms with E-state index in [1.165, 1.54) is 4.31 Å². The van der Waals surface area contributed by atoms with E-state index in [1.54, 1.807) is 13.0 Å². The van der Waals surface area contributed by atoms with E-state index in [0.717, 1.165) is 6.26 Å². The van der Waals surface area contributed by atoms with Crippen LogP contribution in [0, 0.1) is 12.8 Å². The second-order valence-electron chi connectivity index (χ2n) is 4.09. The van der Waals surface area contributed by atoms with E-state index >= 15 is 0 Å². The zero-order valence-corrected chi connectivity index (χ0v) is 10.3. The van der Waals surface area contributed by atoms with Crippen molar-refractivity contribution in [2.24, 2.45) is 5.92 Å². The zero-order chi connectivity index (χ0) is 12.6. The van der Waals surface area contributed by atoms with Gasteiger partial charge in [0.2, 0.25) is 15.9 Å². The normalized spacial score (nSPS) is 17.8. The molecular formula is C9H13N3O4S. The molecule has 2 rings (SSSR count). The van der Waals surface area contributed by atoms with Crippen molar-refractivity contribution in [1.82, 2.24) is 9.46 Å². The molecule has 94 valence electrons. The molecule has 0 radical (unpaired) electrons. The predicted molar refractivity (Wildman–Crippen MR) is 59.8 cm³/mol. The Balaban J connectivity index is 1.88. The third-order valence-corrected chi connectivity index (χ3v) is 3.80. The van der Waals surface area contributed by atoms with Gasteiger partial charge in [-0.15, -0.1) is 0 Å². The largest absolute Gasteiger partial charge is 0.360 e. The molecule has 0 saturated carbocycles. The number of rotatable bonds is 3. The van der Waals surface area contributed by atoms with Gasteiger partial charge in [-0.2, -0.15) is 0 Å². The van der Waals surface area contributed by atoms with Crippen LogP contribution in [0.4, 0.5) is 5.82 Å². The smallest absolute Gasteiger partial charge is 0.231 e. The Kier molecular flexibility index (Phi) is 2.92. The molecule has 8 heteroatoms. The lowest BCUT2D eigenvalue weighted by atomic mass is 10.0. The first-order chi connectivity index (χ1) is 7.86. The topological polar surface area (TPSA) is 92.5 Å². The van der Waals surface area contributed by atoms with Crippen LogP contribution in [0.2, 0.25) is 0 Å². The van der Waals surface area contributed by atoms with Crippen molar-refractivity contribution in [2.45, 2.75) is 6.92 Å². The van der Waals surface area contributed by atoms with Gasteiger partial charge in [-0.1, -0.05) is 5.16 Å². The maximum absolute atomic E-state index is 11.7. The SMILES string of the molecule is Cc1cc(NC(=O)C2CN(S(C)(=O)=O)C2)no1. The first-order valence-corrected chi connectivity index (χ1v) is 6.90. The highest BCUT2D eigenvalue weighted by atomic mass is 32.2. The van der Waals surface area contributed by atoms with Crippen LogP contribution in [0.15, 0.2) is 10.6 Å². The standard InChI is InChI=1S/C9H13N3O4S/c1-6-3-8(11-16-6)10-9(13)7-4-12(5-7)17(2,14)15/h3,7H,4-5H2,1-2H3,(H,10,11,13). The lowest BCUT2D eigenvalue weighted by Gasteiger charge is -2.35. The Hall–Kier alpha value is -1.41. The van der Waals surface area contributed by atoms with E-state index < -0.39 is 10.0 Å². The maximum atomic E-state index is 11.7. The van der Waals surface area contributed by atoms with Crippen molar-refractivity contribution in [3.05, 3.63) is 11.8 Å². The molecule has 0 aliphatic carbocycles. The molecule has 1 N–H and O–H groups in total. The second kappa shape index (κ2) is 4.11. The Morgan fingerprint density at radius 2 is 2.24 bits per heavy atom. The van der Waals surface area contributed by atoms with Crippen LogP contribution in [0.1, 0.15) is 5.76 Å². The number of anilines is 1. The Bertz CT molecular complexity index is 530. The van der Waals surface area contributed by atoms with Gasteiger partial charge in [-0.3, -0.25) is 4.79 Å². The molecule has 2 heterocycles. The molecule has 1 saturated heterocycles. The van der Waals surface area contributed by atoms with E-state index in [2.05, 4.69) is 10.5 Å².